The van der Waals surface area contributed by atoms with Crippen molar-refractivity contribution in [2.24, 2.45) is 0 Å². The fourth-order valence-electron chi connectivity index (χ4n) is 3.90. The van der Waals surface area contributed by atoms with E-state index in [1.165, 1.54) is 0 Å². The van der Waals surface area contributed by atoms with Crippen LogP contribution in [0.5, 0.6) is 0 Å². The summed E-state index contributed by atoms with van der Waals surface area (Å²) in [4.78, 5) is 13.9. The van der Waals surface area contributed by atoms with Crippen LogP contribution in [0, 0.1) is 6.92 Å². The lowest BCUT2D eigenvalue weighted by Crippen LogP contribution is -1.95. The second-order valence-corrected chi connectivity index (χ2v) is 7.90. The largest absolute Gasteiger partial charge is 0.264 e. The number of aryl methyl sites for hydroxylation is 1. The van der Waals surface area contributed by atoms with Crippen LogP contribution in [-0.4, -0.2) is 15.0 Å². The quantitative estimate of drug-likeness (QED) is 0.295. The molecule has 0 aliphatic rings. The molecule has 0 unspecified atom stereocenters. The summed E-state index contributed by atoms with van der Waals surface area (Å²) in [5.41, 5.74) is 9.38. The van der Waals surface area contributed by atoms with Gasteiger partial charge < -0.3 is 0 Å². The number of hydrogen-bond acceptors (Lipinski definition) is 3. The summed E-state index contributed by atoms with van der Waals surface area (Å²) in [5.74, 6) is 0. The normalized spacial score (nSPS) is 11.1. The topological polar surface area (TPSA) is 38.7 Å². The summed E-state index contributed by atoms with van der Waals surface area (Å²) in [5, 5.41) is 0. The molecule has 0 radical (unpaired) electrons. The zero-order valence-electron chi connectivity index (χ0n) is 18.4. The van der Waals surface area contributed by atoms with Crippen molar-refractivity contribution in [1.82, 2.24) is 15.0 Å². The third kappa shape index (κ3) is 4.63. The van der Waals surface area contributed by atoms with Crippen molar-refractivity contribution in [3.63, 3.8) is 0 Å². The molecule has 3 heteroatoms. The molecule has 3 heterocycles. The summed E-state index contributed by atoms with van der Waals surface area (Å²) >= 11 is 0. The fourth-order valence-corrected chi connectivity index (χ4v) is 3.90. The third-order valence-electron chi connectivity index (χ3n) is 5.57. The molecule has 0 fully saturated rings. The second kappa shape index (κ2) is 9.41. The Labute approximate surface area is 194 Å². The molecule has 3 nitrogen and oxygen atoms in total. The molecule has 0 N–H and O–H groups in total. The van der Waals surface area contributed by atoms with Crippen LogP contribution < -0.4 is 0 Å². The molecule has 158 valence electrons. The molecule has 0 bridgehead atoms. The highest BCUT2D eigenvalue weighted by atomic mass is 14.7. The number of pyridine rings is 3. The highest BCUT2D eigenvalue weighted by Gasteiger charge is 2.11. The molecule has 3 aromatic heterocycles. The molecule has 5 rings (SSSR count). The minimum atomic E-state index is 0.912. The Bertz CT molecular complexity index is 1390. The Morgan fingerprint density at radius 2 is 1.27 bits per heavy atom. The summed E-state index contributed by atoms with van der Waals surface area (Å²) in [6, 6.07) is 29.0. The zero-order valence-corrected chi connectivity index (χ0v) is 18.4. The average molecular weight is 426 g/mol. The van der Waals surface area contributed by atoms with Crippen molar-refractivity contribution in [2.75, 3.05) is 0 Å². The summed E-state index contributed by atoms with van der Waals surface area (Å²) in [7, 11) is 0. The minimum absolute atomic E-state index is 0.912. The van der Waals surface area contributed by atoms with E-state index in [-0.39, 0.29) is 0 Å². The number of benzene rings is 2. The molecule has 5 aromatic rings. The van der Waals surface area contributed by atoms with Crippen molar-refractivity contribution in [3.8, 4) is 33.6 Å². The van der Waals surface area contributed by atoms with Gasteiger partial charge in [-0.1, -0.05) is 72.8 Å². The summed E-state index contributed by atoms with van der Waals surface area (Å²) < 4.78 is 0. The van der Waals surface area contributed by atoms with Gasteiger partial charge in [-0.3, -0.25) is 15.0 Å². The van der Waals surface area contributed by atoms with Gasteiger partial charge in [0.15, 0.2) is 0 Å². The van der Waals surface area contributed by atoms with Crippen LogP contribution in [0.3, 0.4) is 0 Å². The highest BCUT2D eigenvalue weighted by Crippen LogP contribution is 2.30. The first kappa shape index (κ1) is 20.5. The van der Waals surface area contributed by atoms with Crippen LogP contribution >= 0.6 is 0 Å². The fraction of sp³-hybridized carbons (Fsp3) is 0.0333. The van der Waals surface area contributed by atoms with E-state index in [2.05, 4.69) is 60.5 Å². The molecule has 0 saturated carbocycles. The Balaban J connectivity index is 1.59. The van der Waals surface area contributed by atoms with Gasteiger partial charge in [-0.15, -0.1) is 0 Å². The third-order valence-corrected chi connectivity index (χ3v) is 5.57. The lowest BCUT2D eigenvalue weighted by atomic mass is 9.99. The van der Waals surface area contributed by atoms with Gasteiger partial charge in [0.25, 0.3) is 0 Å². The van der Waals surface area contributed by atoms with Crippen LogP contribution in [0.1, 0.15) is 16.7 Å². The SMILES string of the molecule is Cc1cc(-c2ncc(-c3ccccc3)cc2/C=C/c2ccccc2)cnc1-c1cccnc1. The van der Waals surface area contributed by atoms with Crippen molar-refractivity contribution in [1.29, 1.82) is 0 Å². The van der Waals surface area contributed by atoms with Crippen molar-refractivity contribution in [3.05, 3.63) is 126 Å². The first-order valence-electron chi connectivity index (χ1n) is 10.9. The molecule has 0 aliphatic carbocycles. The first-order valence-corrected chi connectivity index (χ1v) is 10.9. The van der Waals surface area contributed by atoms with Crippen molar-refractivity contribution in [2.45, 2.75) is 6.92 Å². The van der Waals surface area contributed by atoms with Crippen molar-refractivity contribution >= 4 is 12.2 Å². The van der Waals surface area contributed by atoms with Gasteiger partial charge in [0.05, 0.1) is 11.4 Å². The predicted octanol–water partition coefficient (Wildman–Crippen LogP) is 7.35. The Kier molecular flexibility index (Phi) is 5.85. The lowest BCUT2D eigenvalue weighted by Gasteiger charge is -2.11. The van der Waals surface area contributed by atoms with E-state index in [0.717, 1.165) is 50.3 Å². The van der Waals surface area contributed by atoms with E-state index < -0.39 is 0 Å². The smallest absolute Gasteiger partial charge is 0.0790 e. The maximum absolute atomic E-state index is 4.88. The second-order valence-electron chi connectivity index (χ2n) is 7.90. The molecule has 0 spiro atoms. The summed E-state index contributed by atoms with van der Waals surface area (Å²) in [6.07, 6.45) is 11.7. The number of rotatable bonds is 5. The number of hydrogen-bond donors (Lipinski definition) is 0. The molecule has 2 aromatic carbocycles. The molecule has 0 aliphatic heterocycles. The zero-order chi connectivity index (χ0) is 22.5. The Morgan fingerprint density at radius 1 is 0.576 bits per heavy atom. The molecule has 33 heavy (non-hydrogen) atoms. The lowest BCUT2D eigenvalue weighted by molar-refractivity contribution is 1.23. The molecule has 0 amide bonds. The van der Waals surface area contributed by atoms with E-state index in [9.17, 15) is 0 Å². The van der Waals surface area contributed by atoms with Gasteiger partial charge in [0.1, 0.15) is 0 Å². The molecular formula is C30H23N3. The Hall–Kier alpha value is -4.37. The van der Waals surface area contributed by atoms with Gasteiger partial charge in [0.2, 0.25) is 0 Å². The van der Waals surface area contributed by atoms with Crippen molar-refractivity contribution < 1.29 is 0 Å². The number of aromatic nitrogens is 3. The van der Waals surface area contributed by atoms with E-state index in [1.54, 1.807) is 6.20 Å². The molecule has 0 saturated heterocycles. The van der Waals surface area contributed by atoms with Crippen LogP contribution in [-0.2, 0) is 0 Å². The van der Waals surface area contributed by atoms with Gasteiger partial charge in [0, 0.05) is 47.0 Å². The Morgan fingerprint density at radius 3 is 2.00 bits per heavy atom. The maximum atomic E-state index is 4.88. The summed E-state index contributed by atoms with van der Waals surface area (Å²) in [6.45, 7) is 2.08. The van der Waals surface area contributed by atoms with Crippen LogP contribution in [0.25, 0.3) is 45.8 Å². The van der Waals surface area contributed by atoms with Gasteiger partial charge in [-0.05, 0) is 47.9 Å². The maximum Gasteiger partial charge on any atom is 0.0790 e. The van der Waals surface area contributed by atoms with Crippen LogP contribution in [0.4, 0.5) is 0 Å². The van der Waals surface area contributed by atoms with E-state index >= 15 is 0 Å². The van der Waals surface area contributed by atoms with Gasteiger partial charge in [-0.25, -0.2) is 0 Å². The highest BCUT2D eigenvalue weighted by molar-refractivity contribution is 5.82. The van der Waals surface area contributed by atoms with E-state index in [0.29, 0.717) is 0 Å². The van der Waals surface area contributed by atoms with E-state index in [4.69, 9.17) is 9.97 Å². The predicted molar refractivity (Wildman–Crippen MR) is 136 cm³/mol. The first-order chi connectivity index (χ1) is 16.3. The van der Waals surface area contributed by atoms with Crippen LogP contribution in [0.15, 0.2) is 110 Å². The standard InChI is InChI=1S/C30H23N3/c1-22-17-28(21-32-29(22)26-13-8-16-31-19-26)30-25(15-14-23-9-4-2-5-10-23)18-27(20-33-30)24-11-6-3-7-12-24/h2-21H,1H3/b15-14+. The van der Waals surface area contributed by atoms with Crippen LogP contribution in [0.2, 0.25) is 0 Å². The minimum Gasteiger partial charge on any atom is -0.264 e. The monoisotopic (exact) mass is 425 g/mol. The van der Waals surface area contributed by atoms with Gasteiger partial charge in [-0.2, -0.15) is 0 Å². The molecular weight excluding hydrogens is 402 g/mol. The number of nitrogens with zero attached hydrogens (tertiary/aromatic N) is 3. The van der Waals surface area contributed by atoms with E-state index in [1.807, 2.05) is 67.1 Å². The molecule has 0 atom stereocenters. The van der Waals surface area contributed by atoms with Gasteiger partial charge >= 0.3 is 0 Å². The average Bonchev–Trinajstić information content (AvgIpc) is 2.89.